The van der Waals surface area contributed by atoms with Crippen molar-refractivity contribution in [3.63, 3.8) is 0 Å². The molecule has 9 atom stereocenters. The number of nitrogens with zero attached hydrogens (tertiary/aromatic N) is 2. The molecule has 474 valence electrons. The molecule has 4 fully saturated rings. The van der Waals surface area contributed by atoms with Crippen LogP contribution in [0, 0.1) is 17.8 Å². The summed E-state index contributed by atoms with van der Waals surface area (Å²) in [5, 5.41) is 39.4. The molecular weight excluding hydrogens is 1110 g/mol. The number of aliphatic hydroxyl groups is 2. The van der Waals surface area contributed by atoms with Crippen LogP contribution in [0.15, 0.2) is 121 Å². The van der Waals surface area contributed by atoms with E-state index in [4.69, 9.17) is 0 Å². The molecule has 0 radical (unpaired) electrons. The topological polar surface area (TPSA) is 256 Å². The molecule has 0 unspecified atom stereocenters. The molecule has 4 aliphatic heterocycles. The smallest absolute Gasteiger partial charge is 0.255 e. The van der Waals surface area contributed by atoms with E-state index in [1.54, 1.807) is 16.8 Å². The van der Waals surface area contributed by atoms with Crippen molar-refractivity contribution in [1.82, 2.24) is 41.7 Å². The van der Waals surface area contributed by atoms with Gasteiger partial charge >= 0.3 is 0 Å². The van der Waals surface area contributed by atoms with Gasteiger partial charge in [0.15, 0.2) is 11.3 Å². The molecule has 0 bridgehead atoms. The number of carbonyl (C=O) groups excluding carboxylic acids is 8. The summed E-state index contributed by atoms with van der Waals surface area (Å²) >= 11 is 0. The Morgan fingerprint density at radius 2 is 0.886 bits per heavy atom. The molecule has 4 aliphatic rings. The molecule has 88 heavy (non-hydrogen) atoms. The molecule has 4 heterocycles. The van der Waals surface area contributed by atoms with Crippen LogP contribution in [0.3, 0.4) is 0 Å². The van der Waals surface area contributed by atoms with Gasteiger partial charge in [0.05, 0.1) is 6.04 Å². The van der Waals surface area contributed by atoms with Crippen LogP contribution in [0.1, 0.15) is 165 Å². The van der Waals surface area contributed by atoms with Crippen LogP contribution in [-0.4, -0.2) is 136 Å². The second kappa shape index (κ2) is 31.8. The maximum absolute atomic E-state index is 15.1. The number of likely N-dealkylation sites (N-methyl/N-ethyl adjacent to an activating group) is 1. The highest BCUT2D eigenvalue weighted by atomic mass is 16.3. The minimum absolute atomic E-state index is 0.167. The molecule has 0 aliphatic carbocycles. The number of hydrogen-bond donors (Lipinski definition) is 8. The van der Waals surface area contributed by atoms with Gasteiger partial charge in [0, 0.05) is 56.0 Å². The summed E-state index contributed by atoms with van der Waals surface area (Å²) in [7, 11) is 1.68. The molecule has 8 N–H and O–H groups in total. The quantitative estimate of drug-likeness (QED) is 0.0251. The number of Topliss-reactive ketones (excluding diaryl/α,β-unsaturated/α-hetero) is 1. The van der Waals surface area contributed by atoms with Crippen LogP contribution in [0.25, 0.3) is 0 Å². The third-order valence-corrected chi connectivity index (χ3v) is 19.4. The van der Waals surface area contributed by atoms with Crippen molar-refractivity contribution in [3.05, 3.63) is 144 Å². The van der Waals surface area contributed by atoms with E-state index < -0.39 is 82.7 Å². The average molecular weight is 1210 g/mol. The normalized spacial score (nSPS) is 22.4. The fourth-order valence-electron chi connectivity index (χ4n) is 14.3. The lowest BCUT2D eigenvalue weighted by Gasteiger charge is -2.38. The number of aliphatic hydroxyl groups excluding tert-OH is 2. The maximum atomic E-state index is 15.1. The van der Waals surface area contributed by atoms with Gasteiger partial charge in [-0.25, -0.2) is 0 Å². The molecule has 4 aromatic rings. The third kappa shape index (κ3) is 14.7. The van der Waals surface area contributed by atoms with Crippen molar-refractivity contribution < 1.29 is 48.6 Å². The summed E-state index contributed by atoms with van der Waals surface area (Å²) in [6.07, 6.45) is 11.3. The highest BCUT2D eigenvalue weighted by Gasteiger charge is 2.53. The second-order valence-corrected chi connectivity index (χ2v) is 24.6. The summed E-state index contributed by atoms with van der Waals surface area (Å²) in [5.41, 5.74) is -0.959. The Hall–Kier alpha value is -7.28. The lowest BCUT2D eigenvalue weighted by atomic mass is 9.77. The Labute approximate surface area is 519 Å². The summed E-state index contributed by atoms with van der Waals surface area (Å²) in [4.78, 5) is 119. The summed E-state index contributed by atoms with van der Waals surface area (Å²) in [6, 6.07) is 31.8. The van der Waals surface area contributed by atoms with Crippen molar-refractivity contribution in [2.75, 3.05) is 26.8 Å². The molecule has 4 aromatic carbocycles. The van der Waals surface area contributed by atoms with Crippen LogP contribution in [0.4, 0.5) is 0 Å². The van der Waals surface area contributed by atoms with Gasteiger partial charge in [-0.15, -0.1) is 0 Å². The fourth-order valence-corrected chi connectivity index (χ4v) is 14.3. The Morgan fingerprint density at radius 3 is 1.30 bits per heavy atom. The summed E-state index contributed by atoms with van der Waals surface area (Å²) < 4.78 is 0. The molecule has 8 rings (SSSR count). The number of unbranched alkanes of at least 4 members (excludes halogenated alkanes) is 6. The first-order valence-corrected chi connectivity index (χ1v) is 32.5. The standard InChI is InChI=1S/C70H94N8O10/c1-5-47(6-2)62(82)73-60-48(45-79)36-38-55-41-43-58(78(55)66(60)86)65(85)76-70(52-31-21-15-22-32-52,53-33-23-16-24-34-53)68(88)72-44-26-12-10-8-9-11-25-35-59(81)69(50-27-17-13-18-28-50,51-29-19-14-20-30-51)75-64(84)57-42-40-54-39-37-49(46-80)61(67(87)77(54)57)74-63(83)56(7-3)71-4/h13-24,27-34,47-49,54-58,60-61,71,79-80H,5-12,25-26,35-46H2,1-4H3,(H,72,88)(H,73,82)(H,74,83)(H,75,84)(H,76,85)/t48-,49-,54+,55+,56+,57+,58+,60+,61+/m1/s1. The van der Waals surface area contributed by atoms with Crippen molar-refractivity contribution in [3.8, 4) is 0 Å². The first-order chi connectivity index (χ1) is 42.7. The zero-order valence-electron chi connectivity index (χ0n) is 51.9. The van der Waals surface area contributed by atoms with E-state index in [-0.39, 0.29) is 55.2 Å². The van der Waals surface area contributed by atoms with E-state index in [9.17, 15) is 34.2 Å². The van der Waals surface area contributed by atoms with Gasteiger partial charge < -0.3 is 51.9 Å². The predicted molar refractivity (Wildman–Crippen MR) is 337 cm³/mol. The van der Waals surface area contributed by atoms with Crippen molar-refractivity contribution in [1.29, 1.82) is 0 Å². The summed E-state index contributed by atoms with van der Waals surface area (Å²) in [5.74, 6) is -4.26. The fraction of sp³-hybridized carbons (Fsp3) is 0.543. The lowest BCUT2D eigenvalue weighted by Crippen LogP contribution is -2.62. The Balaban J connectivity index is 0.898. The molecule has 0 saturated carbocycles. The number of ketones is 1. The zero-order chi connectivity index (χ0) is 62.8. The highest BCUT2D eigenvalue weighted by Crippen LogP contribution is 2.40. The number of amides is 7. The van der Waals surface area contributed by atoms with Gasteiger partial charge in [-0.3, -0.25) is 38.4 Å². The minimum atomic E-state index is -1.67. The zero-order valence-corrected chi connectivity index (χ0v) is 51.9. The molecule has 18 heteroatoms. The first-order valence-electron chi connectivity index (χ1n) is 32.5. The molecule has 0 aromatic heterocycles. The van der Waals surface area contributed by atoms with Crippen LogP contribution in [0.5, 0.6) is 0 Å². The van der Waals surface area contributed by atoms with Crippen LogP contribution < -0.4 is 31.9 Å². The Bertz CT molecular complexity index is 2690. The Morgan fingerprint density at radius 1 is 0.500 bits per heavy atom. The molecule has 0 spiro atoms. The van der Waals surface area contributed by atoms with E-state index in [2.05, 4.69) is 31.9 Å². The number of carbonyl (C=O) groups is 8. The van der Waals surface area contributed by atoms with Crippen LogP contribution >= 0.6 is 0 Å². The van der Waals surface area contributed by atoms with Crippen molar-refractivity contribution in [2.45, 2.75) is 196 Å². The monoisotopic (exact) mass is 1210 g/mol. The number of benzene rings is 4. The van der Waals surface area contributed by atoms with E-state index in [1.165, 1.54) is 0 Å². The second-order valence-electron chi connectivity index (χ2n) is 24.6. The van der Waals surface area contributed by atoms with E-state index in [0.29, 0.717) is 112 Å². The highest BCUT2D eigenvalue weighted by molar-refractivity contribution is 6.01. The van der Waals surface area contributed by atoms with Gasteiger partial charge in [0.1, 0.15) is 29.7 Å². The molecule has 18 nitrogen and oxygen atoms in total. The van der Waals surface area contributed by atoms with Crippen LogP contribution in [-0.2, 0) is 49.4 Å². The average Bonchev–Trinajstić information content (AvgIpc) is 1.77. The van der Waals surface area contributed by atoms with Gasteiger partial charge in [0.2, 0.25) is 35.4 Å². The molecule has 7 amide bonds. The van der Waals surface area contributed by atoms with E-state index in [1.807, 2.05) is 142 Å². The predicted octanol–water partition coefficient (Wildman–Crippen LogP) is 6.84. The van der Waals surface area contributed by atoms with Crippen molar-refractivity contribution >= 4 is 47.1 Å². The van der Waals surface area contributed by atoms with Gasteiger partial charge in [-0.05, 0) is 113 Å². The van der Waals surface area contributed by atoms with E-state index >= 15 is 14.4 Å². The van der Waals surface area contributed by atoms with Gasteiger partial charge in [-0.1, -0.05) is 174 Å². The molecule has 4 saturated heterocycles. The maximum Gasteiger partial charge on any atom is 0.255 e. The first kappa shape index (κ1) is 66.7. The van der Waals surface area contributed by atoms with E-state index in [0.717, 1.165) is 32.1 Å². The van der Waals surface area contributed by atoms with Gasteiger partial charge in [0.25, 0.3) is 5.91 Å². The van der Waals surface area contributed by atoms with Crippen LogP contribution in [0.2, 0.25) is 0 Å². The number of fused-ring (bicyclic) bond motifs is 2. The number of rotatable bonds is 30. The molecular formula is C70H94N8O10. The number of nitrogens with one attached hydrogen (secondary N) is 6. The lowest BCUT2D eigenvalue weighted by molar-refractivity contribution is -0.145. The minimum Gasteiger partial charge on any atom is -0.396 e. The Kier molecular flexibility index (Phi) is 24.1. The number of hydrogen-bond acceptors (Lipinski definition) is 11. The van der Waals surface area contributed by atoms with Gasteiger partial charge in [-0.2, -0.15) is 0 Å². The summed E-state index contributed by atoms with van der Waals surface area (Å²) in [6.45, 7) is 5.47. The van der Waals surface area contributed by atoms with Crippen molar-refractivity contribution in [2.24, 2.45) is 17.8 Å². The third-order valence-electron chi connectivity index (χ3n) is 19.4. The SMILES string of the molecule is CCC(CC)C(=O)N[C@@H]1C(=O)N2[C@@H](CC[C@@H]1CO)CC[C@H]2C(=O)NC(C(=O)NCCCCCCCCCC(=O)C(NC(=O)[C@@H]1CC[C@@H]2CC[C@H](CO)[C@H](NC(=O)[C@H](CC)NC)C(=O)N21)(c1ccccc1)c1ccccc1)(c1ccccc1)c1ccccc1. The largest absolute Gasteiger partial charge is 0.396 e.